The summed E-state index contributed by atoms with van der Waals surface area (Å²) >= 11 is 0. The van der Waals surface area contributed by atoms with Gasteiger partial charge in [-0.1, -0.05) is 132 Å². The van der Waals surface area contributed by atoms with E-state index in [1.165, 1.54) is 65.9 Å². The van der Waals surface area contributed by atoms with Crippen LogP contribution in [0.25, 0.3) is 121 Å². The molecule has 6 nitrogen and oxygen atoms in total. The zero-order chi connectivity index (χ0) is 52.8. The van der Waals surface area contributed by atoms with Gasteiger partial charge in [0.2, 0.25) is 0 Å². The molecule has 5 heterocycles. The highest BCUT2D eigenvalue weighted by molar-refractivity contribution is 6.21. The van der Waals surface area contributed by atoms with E-state index in [-0.39, 0.29) is 21.7 Å². The van der Waals surface area contributed by atoms with Crippen molar-refractivity contribution in [2.75, 3.05) is 0 Å². The average Bonchev–Trinajstić information content (AvgIpc) is 4.13. The van der Waals surface area contributed by atoms with Crippen LogP contribution >= 0.6 is 0 Å². The predicted octanol–water partition coefficient (Wildman–Crippen LogP) is 18.6. The first kappa shape index (κ1) is 47.5. The van der Waals surface area contributed by atoms with E-state index < -0.39 is 0 Å². The van der Waals surface area contributed by atoms with Gasteiger partial charge < -0.3 is 9.13 Å². The van der Waals surface area contributed by atoms with Crippen LogP contribution in [0.1, 0.15) is 105 Å². The third-order valence-electron chi connectivity index (χ3n) is 16.0. The molecule has 0 saturated heterocycles. The Kier molecular flexibility index (Phi) is 10.4. The molecule has 374 valence electrons. The molecule has 0 aliphatic carbocycles. The van der Waals surface area contributed by atoms with Gasteiger partial charge in [0.05, 0.1) is 55.2 Å². The zero-order valence-electron chi connectivity index (χ0n) is 45.8. The summed E-state index contributed by atoms with van der Waals surface area (Å²) in [6, 6.07) is 59.0. The summed E-state index contributed by atoms with van der Waals surface area (Å²) in [6.07, 6.45) is 3.66. The smallest absolute Gasteiger partial charge is 0.0996 e. The summed E-state index contributed by atoms with van der Waals surface area (Å²) in [6.45, 7) is 27.6. The van der Waals surface area contributed by atoms with Crippen LogP contribution in [0.4, 0.5) is 0 Å². The molecule has 0 aliphatic heterocycles. The van der Waals surface area contributed by atoms with Crippen LogP contribution in [0, 0.1) is 0 Å². The quantitative estimate of drug-likeness (QED) is 0.130. The van der Waals surface area contributed by atoms with Gasteiger partial charge >= 0.3 is 0 Å². The number of hydrogen-bond acceptors (Lipinski definition) is 4. The second-order valence-electron chi connectivity index (χ2n) is 25.3. The van der Waals surface area contributed by atoms with Gasteiger partial charge in [0.15, 0.2) is 0 Å². The average molecular weight is 989 g/mol. The van der Waals surface area contributed by atoms with E-state index in [4.69, 9.17) is 19.9 Å². The number of nitrogens with zero attached hydrogens (tertiary/aromatic N) is 6. The predicted molar refractivity (Wildman–Crippen MR) is 322 cm³/mol. The minimum absolute atomic E-state index is 0.0212. The third kappa shape index (κ3) is 7.66. The van der Waals surface area contributed by atoms with E-state index in [1.54, 1.807) is 0 Å². The van der Waals surface area contributed by atoms with Crippen molar-refractivity contribution in [3.05, 3.63) is 192 Å². The summed E-state index contributed by atoms with van der Waals surface area (Å²) < 4.78 is 4.87. The van der Waals surface area contributed by atoms with Crippen LogP contribution in [0.3, 0.4) is 0 Å². The second-order valence-corrected chi connectivity index (χ2v) is 25.3. The highest BCUT2D eigenvalue weighted by Crippen LogP contribution is 2.43. The highest BCUT2D eigenvalue weighted by atomic mass is 15.0. The Labute approximate surface area is 445 Å². The molecule has 0 bridgehead atoms. The van der Waals surface area contributed by atoms with Gasteiger partial charge in [-0.3, -0.25) is 9.97 Å². The summed E-state index contributed by atoms with van der Waals surface area (Å²) in [4.78, 5) is 20.5. The Morgan fingerprint density at radius 2 is 0.605 bits per heavy atom. The first-order valence-electron chi connectivity index (χ1n) is 26.9. The lowest BCUT2D eigenvalue weighted by Crippen LogP contribution is -2.10. The van der Waals surface area contributed by atoms with Gasteiger partial charge in [0.1, 0.15) is 0 Å². The van der Waals surface area contributed by atoms with Crippen molar-refractivity contribution in [3.8, 4) is 33.6 Å². The van der Waals surface area contributed by atoms with Gasteiger partial charge in [-0.05, 0) is 175 Å². The molecule has 13 rings (SSSR count). The van der Waals surface area contributed by atoms with Crippen molar-refractivity contribution in [2.24, 2.45) is 0 Å². The lowest BCUT2D eigenvalue weighted by atomic mass is 9.85. The minimum Gasteiger partial charge on any atom is -0.309 e. The highest BCUT2D eigenvalue weighted by Gasteiger charge is 2.24. The summed E-state index contributed by atoms with van der Waals surface area (Å²) in [5.41, 5.74) is 21.7. The van der Waals surface area contributed by atoms with E-state index in [2.05, 4.69) is 238 Å². The normalized spacial score (nSPS) is 13.0. The van der Waals surface area contributed by atoms with Crippen LogP contribution < -0.4 is 0 Å². The zero-order valence-corrected chi connectivity index (χ0v) is 45.8. The van der Waals surface area contributed by atoms with Crippen molar-refractivity contribution < 1.29 is 0 Å². The van der Waals surface area contributed by atoms with E-state index in [9.17, 15) is 0 Å². The maximum Gasteiger partial charge on any atom is 0.0996 e. The molecule has 0 fully saturated rings. The van der Waals surface area contributed by atoms with E-state index in [0.717, 1.165) is 77.5 Å². The largest absolute Gasteiger partial charge is 0.309 e. The monoisotopic (exact) mass is 989 g/mol. The number of hydrogen-bond donors (Lipinski definition) is 0. The van der Waals surface area contributed by atoms with Crippen LogP contribution in [0.15, 0.2) is 170 Å². The fourth-order valence-electron chi connectivity index (χ4n) is 11.6. The Morgan fingerprint density at radius 3 is 0.895 bits per heavy atom. The molecule has 6 heteroatoms. The molecule has 8 aromatic carbocycles. The van der Waals surface area contributed by atoms with Gasteiger partial charge in [-0.15, -0.1) is 0 Å². The van der Waals surface area contributed by atoms with Crippen molar-refractivity contribution >= 4 is 87.5 Å². The molecule has 0 saturated carbocycles. The molecule has 0 aliphatic rings. The third-order valence-corrected chi connectivity index (χ3v) is 16.0. The van der Waals surface area contributed by atoms with Gasteiger partial charge in [-0.2, -0.15) is 0 Å². The fourth-order valence-corrected chi connectivity index (χ4v) is 11.6. The summed E-state index contributed by atoms with van der Waals surface area (Å²) in [7, 11) is 0. The molecule has 0 N–H and O–H groups in total. The Hall–Kier alpha value is -8.22. The number of fused-ring (bicyclic) bond motifs is 13. The molecule has 13 aromatic rings. The Bertz CT molecular complexity index is 4090. The molecule has 0 amide bonds. The van der Waals surface area contributed by atoms with E-state index >= 15 is 0 Å². The Balaban J connectivity index is 1.00. The van der Waals surface area contributed by atoms with Crippen molar-refractivity contribution in [3.63, 3.8) is 0 Å². The first-order valence-corrected chi connectivity index (χ1v) is 26.9. The van der Waals surface area contributed by atoms with Crippen LogP contribution in [0.5, 0.6) is 0 Å². The molecular formula is C70H64N6. The number of aromatic nitrogens is 6. The summed E-state index contributed by atoms with van der Waals surface area (Å²) in [5.74, 6) is 0. The topological polar surface area (TPSA) is 61.4 Å². The van der Waals surface area contributed by atoms with E-state index in [1.807, 2.05) is 24.5 Å². The SMILES string of the molecule is CC(C)(C)c1ccc2c(c1)c1cc(C(C)(C)C)ccc1n2-c1ccc(-c2cc3nc4c5cccnc5c5ncccc5c4nc3cc2-c2ccc(-n3c4ccc(C(C)(C)C)cc4c4cc(C(C)(C)C)ccc43)cc2)cc1. The maximum absolute atomic E-state index is 5.46. The van der Waals surface area contributed by atoms with E-state index in [0.29, 0.717) is 0 Å². The lowest BCUT2D eigenvalue weighted by Gasteiger charge is -2.19. The molecule has 5 aromatic heterocycles. The van der Waals surface area contributed by atoms with Crippen LogP contribution in [-0.2, 0) is 21.7 Å². The number of rotatable bonds is 4. The standard InChI is InChI=1S/C70H64N6/c1-67(2,3)43-21-29-59-53(35-43)54-36-44(68(4,5)6)22-30-60(54)75(59)47-25-17-41(18-26-47)51-39-57-58(74-66-50-16-14-34-72-64(50)63-49(65(66)73-57)15-13-33-71-63)40-52(51)42-19-27-48(28-20-42)76-61-31-23-45(69(7,8)9)37-55(61)56-38-46(70(10,11)12)24-32-62(56)76/h13-40H,1-12H3. The lowest BCUT2D eigenvalue weighted by molar-refractivity contribution is 0.590. The van der Waals surface area contributed by atoms with Gasteiger partial charge in [-0.25, -0.2) is 9.97 Å². The molecule has 76 heavy (non-hydrogen) atoms. The van der Waals surface area contributed by atoms with Gasteiger partial charge in [0, 0.05) is 56.1 Å². The van der Waals surface area contributed by atoms with Crippen molar-refractivity contribution in [2.45, 2.75) is 105 Å². The number of pyridine rings is 2. The molecule has 0 spiro atoms. The molecule has 0 unspecified atom stereocenters. The van der Waals surface area contributed by atoms with Crippen LogP contribution in [0.2, 0.25) is 0 Å². The van der Waals surface area contributed by atoms with Crippen molar-refractivity contribution in [1.82, 2.24) is 29.1 Å². The summed E-state index contributed by atoms with van der Waals surface area (Å²) in [5, 5.41) is 6.99. The van der Waals surface area contributed by atoms with Gasteiger partial charge in [0.25, 0.3) is 0 Å². The minimum atomic E-state index is 0.0212. The molecule has 0 radical (unpaired) electrons. The second kappa shape index (κ2) is 16.6. The number of benzene rings is 8. The maximum atomic E-state index is 5.46. The Morgan fingerprint density at radius 1 is 0.303 bits per heavy atom. The molecular weight excluding hydrogens is 925 g/mol. The van der Waals surface area contributed by atoms with Crippen LogP contribution in [-0.4, -0.2) is 29.1 Å². The van der Waals surface area contributed by atoms with Crippen molar-refractivity contribution in [1.29, 1.82) is 0 Å². The fraction of sp³-hybridized carbons (Fsp3) is 0.229. The molecule has 0 atom stereocenters. The first-order chi connectivity index (χ1) is 36.2.